The van der Waals surface area contributed by atoms with Gasteiger partial charge < -0.3 is 9.30 Å². The predicted octanol–water partition coefficient (Wildman–Crippen LogP) is 3.58. The average molecular weight is 389 g/mol. The van der Waals surface area contributed by atoms with Crippen LogP contribution in [0.1, 0.15) is 27.3 Å². The number of nitrogens with zero attached hydrogens (tertiary/aromatic N) is 1. The number of para-hydroxylation sites is 1. The van der Waals surface area contributed by atoms with Crippen LogP contribution in [0.3, 0.4) is 0 Å². The summed E-state index contributed by atoms with van der Waals surface area (Å²) in [7, 11) is 1.60. The Morgan fingerprint density at radius 2 is 1.66 bits per heavy atom. The molecule has 0 spiro atoms. The summed E-state index contributed by atoms with van der Waals surface area (Å²) in [6.45, 7) is 3.81. The van der Waals surface area contributed by atoms with Gasteiger partial charge in [-0.1, -0.05) is 30.3 Å². The third kappa shape index (κ3) is 4.73. The lowest BCUT2D eigenvalue weighted by Gasteiger charge is -2.10. The molecule has 6 heteroatoms. The van der Waals surface area contributed by atoms with E-state index in [9.17, 15) is 9.59 Å². The summed E-state index contributed by atoms with van der Waals surface area (Å²) in [6.07, 6.45) is 3.01. The van der Waals surface area contributed by atoms with Crippen LogP contribution in [0, 0.1) is 13.8 Å². The van der Waals surface area contributed by atoms with Crippen LogP contribution in [0.4, 0.5) is 0 Å². The highest BCUT2D eigenvalue weighted by molar-refractivity contribution is 5.99. The number of carbonyl (C=O) groups is 2. The van der Waals surface area contributed by atoms with Crippen LogP contribution in [0.2, 0.25) is 0 Å². The number of ether oxygens (including phenoxy) is 1. The fraction of sp³-hybridized carbons (Fsp3) is 0.130. The van der Waals surface area contributed by atoms with Gasteiger partial charge in [0, 0.05) is 23.2 Å². The normalized spacial score (nSPS) is 10.7. The van der Waals surface area contributed by atoms with Crippen molar-refractivity contribution < 1.29 is 14.3 Å². The quantitative estimate of drug-likeness (QED) is 0.518. The molecule has 0 bridgehead atoms. The first-order valence-corrected chi connectivity index (χ1v) is 9.16. The predicted molar refractivity (Wildman–Crippen MR) is 113 cm³/mol. The number of methoxy groups -OCH3 is 1. The maximum atomic E-state index is 12.5. The van der Waals surface area contributed by atoms with Crippen molar-refractivity contribution in [2.45, 2.75) is 13.8 Å². The van der Waals surface area contributed by atoms with Crippen molar-refractivity contribution in [1.29, 1.82) is 0 Å². The van der Waals surface area contributed by atoms with Gasteiger partial charge in [-0.2, -0.15) is 0 Å². The molecule has 2 aromatic carbocycles. The van der Waals surface area contributed by atoms with Crippen LogP contribution < -0.4 is 15.6 Å². The van der Waals surface area contributed by atoms with E-state index in [0.717, 1.165) is 28.4 Å². The molecule has 0 unspecified atom stereocenters. The van der Waals surface area contributed by atoms with Gasteiger partial charge in [0.25, 0.3) is 11.8 Å². The highest BCUT2D eigenvalue weighted by Gasteiger charge is 2.16. The molecule has 0 atom stereocenters. The number of benzene rings is 2. The SMILES string of the molecule is COc1ccc(C=CC(=O)NNC(=O)c2cc(C)n(-c3ccccc3)c2C)cc1. The molecular formula is C23H23N3O3. The van der Waals surface area contributed by atoms with Gasteiger partial charge in [-0.25, -0.2) is 0 Å². The van der Waals surface area contributed by atoms with Gasteiger partial charge in [0.1, 0.15) is 5.75 Å². The van der Waals surface area contributed by atoms with Crippen molar-refractivity contribution >= 4 is 17.9 Å². The molecule has 2 N–H and O–H groups in total. The van der Waals surface area contributed by atoms with E-state index in [2.05, 4.69) is 10.9 Å². The Balaban J connectivity index is 1.63. The van der Waals surface area contributed by atoms with E-state index in [-0.39, 0.29) is 5.91 Å². The molecule has 0 aliphatic rings. The van der Waals surface area contributed by atoms with Crippen LogP contribution in [0.15, 0.2) is 66.7 Å². The number of hydrazine groups is 1. The van der Waals surface area contributed by atoms with Crippen LogP contribution >= 0.6 is 0 Å². The highest BCUT2D eigenvalue weighted by Crippen LogP contribution is 2.20. The van der Waals surface area contributed by atoms with Crippen molar-refractivity contribution in [2.75, 3.05) is 7.11 Å². The lowest BCUT2D eigenvalue weighted by atomic mass is 10.2. The Morgan fingerprint density at radius 1 is 0.966 bits per heavy atom. The number of amides is 2. The van der Waals surface area contributed by atoms with Gasteiger partial charge in [0.05, 0.1) is 12.7 Å². The van der Waals surface area contributed by atoms with Crippen molar-refractivity contribution in [3.63, 3.8) is 0 Å². The number of aryl methyl sites for hydroxylation is 1. The minimum Gasteiger partial charge on any atom is -0.497 e. The molecular weight excluding hydrogens is 366 g/mol. The first kappa shape index (κ1) is 19.9. The summed E-state index contributed by atoms with van der Waals surface area (Å²) in [6, 6.07) is 18.9. The van der Waals surface area contributed by atoms with E-state index in [4.69, 9.17) is 4.74 Å². The molecule has 148 valence electrons. The average Bonchev–Trinajstić information content (AvgIpc) is 3.05. The Bertz CT molecular complexity index is 1040. The second-order valence-electron chi connectivity index (χ2n) is 6.51. The molecule has 0 aliphatic heterocycles. The van der Waals surface area contributed by atoms with Crippen LogP contribution in [-0.2, 0) is 4.79 Å². The standard InChI is InChI=1S/C23H23N3O3/c1-16-15-21(17(2)26(16)19-7-5-4-6-8-19)23(28)25-24-22(27)14-11-18-9-12-20(29-3)13-10-18/h4-15H,1-3H3,(H,24,27)(H,25,28). The molecule has 0 aliphatic carbocycles. The number of rotatable bonds is 5. The van der Waals surface area contributed by atoms with E-state index in [1.165, 1.54) is 6.08 Å². The third-order valence-corrected chi connectivity index (χ3v) is 4.53. The first-order valence-electron chi connectivity index (χ1n) is 9.16. The fourth-order valence-corrected chi connectivity index (χ4v) is 3.08. The molecule has 29 heavy (non-hydrogen) atoms. The molecule has 0 saturated heterocycles. The number of aromatic nitrogens is 1. The van der Waals surface area contributed by atoms with Gasteiger partial charge >= 0.3 is 0 Å². The number of hydrogen-bond donors (Lipinski definition) is 2. The van der Waals surface area contributed by atoms with E-state index < -0.39 is 5.91 Å². The summed E-state index contributed by atoms with van der Waals surface area (Å²) in [4.78, 5) is 24.5. The molecule has 0 radical (unpaired) electrons. The van der Waals surface area contributed by atoms with E-state index >= 15 is 0 Å². The lowest BCUT2D eigenvalue weighted by Crippen LogP contribution is -2.40. The van der Waals surface area contributed by atoms with Crippen LogP contribution in [0.25, 0.3) is 11.8 Å². The molecule has 1 aromatic heterocycles. The Labute approximate surface area is 169 Å². The van der Waals surface area contributed by atoms with Crippen molar-refractivity contribution in [1.82, 2.24) is 15.4 Å². The summed E-state index contributed by atoms with van der Waals surface area (Å²) < 4.78 is 7.10. The van der Waals surface area contributed by atoms with Crippen molar-refractivity contribution in [3.05, 3.63) is 89.3 Å². The molecule has 3 aromatic rings. The van der Waals surface area contributed by atoms with Crippen LogP contribution in [-0.4, -0.2) is 23.5 Å². The molecule has 0 saturated carbocycles. The second-order valence-corrected chi connectivity index (χ2v) is 6.51. The van der Waals surface area contributed by atoms with Crippen molar-refractivity contribution in [2.24, 2.45) is 0 Å². The fourth-order valence-electron chi connectivity index (χ4n) is 3.08. The van der Waals surface area contributed by atoms with Gasteiger partial charge in [0.2, 0.25) is 0 Å². The third-order valence-electron chi connectivity index (χ3n) is 4.53. The number of carbonyl (C=O) groups excluding carboxylic acids is 2. The Morgan fingerprint density at radius 3 is 2.31 bits per heavy atom. The maximum absolute atomic E-state index is 12.5. The molecule has 6 nitrogen and oxygen atoms in total. The van der Waals surface area contributed by atoms with E-state index in [1.807, 2.05) is 73.0 Å². The number of hydrogen-bond acceptors (Lipinski definition) is 3. The van der Waals surface area contributed by atoms with Crippen LogP contribution in [0.5, 0.6) is 5.75 Å². The zero-order valence-electron chi connectivity index (χ0n) is 16.6. The summed E-state index contributed by atoms with van der Waals surface area (Å²) in [5.41, 5.74) is 8.94. The molecule has 2 amide bonds. The Kier molecular flexibility index (Phi) is 6.14. The smallest absolute Gasteiger partial charge is 0.271 e. The van der Waals surface area contributed by atoms with Gasteiger partial charge in [-0.3, -0.25) is 20.4 Å². The monoisotopic (exact) mass is 389 g/mol. The zero-order chi connectivity index (χ0) is 20.8. The number of nitrogens with one attached hydrogen (secondary N) is 2. The summed E-state index contributed by atoms with van der Waals surface area (Å²) in [5.74, 6) is -0.0514. The van der Waals surface area contributed by atoms with Crippen molar-refractivity contribution in [3.8, 4) is 11.4 Å². The summed E-state index contributed by atoms with van der Waals surface area (Å²) in [5, 5.41) is 0. The minimum absolute atomic E-state index is 0.369. The minimum atomic E-state index is -0.425. The van der Waals surface area contributed by atoms with Gasteiger partial charge in [-0.15, -0.1) is 0 Å². The lowest BCUT2D eigenvalue weighted by molar-refractivity contribution is -0.117. The topological polar surface area (TPSA) is 72.4 Å². The molecule has 3 rings (SSSR count). The zero-order valence-corrected chi connectivity index (χ0v) is 16.6. The molecule has 0 fully saturated rings. The maximum Gasteiger partial charge on any atom is 0.271 e. The van der Waals surface area contributed by atoms with Gasteiger partial charge in [-0.05, 0) is 55.8 Å². The summed E-state index contributed by atoms with van der Waals surface area (Å²) >= 11 is 0. The second kappa shape index (κ2) is 8.93. The largest absolute Gasteiger partial charge is 0.497 e. The first-order chi connectivity index (χ1) is 14.0. The Hall–Kier alpha value is -3.80. The van der Waals surface area contributed by atoms with Gasteiger partial charge in [0.15, 0.2) is 0 Å². The molecule has 1 heterocycles. The highest BCUT2D eigenvalue weighted by atomic mass is 16.5. The van der Waals surface area contributed by atoms with E-state index in [1.54, 1.807) is 19.3 Å². The van der Waals surface area contributed by atoms with E-state index in [0.29, 0.717) is 5.56 Å².